The number of carbonyl (C=O) groups is 1. The van der Waals surface area contributed by atoms with Crippen molar-refractivity contribution in [1.29, 1.82) is 0 Å². The summed E-state index contributed by atoms with van der Waals surface area (Å²) in [6.45, 7) is 0.347. The Morgan fingerprint density at radius 2 is 1.92 bits per heavy atom. The van der Waals surface area contributed by atoms with E-state index in [9.17, 15) is 4.79 Å². The van der Waals surface area contributed by atoms with E-state index in [2.05, 4.69) is 5.32 Å². The van der Waals surface area contributed by atoms with Crippen molar-refractivity contribution >= 4 is 40.9 Å². The lowest BCUT2D eigenvalue weighted by atomic mass is 10.1. The second kappa shape index (κ2) is 7.03. The first-order valence-electron chi connectivity index (χ1n) is 7.32. The van der Waals surface area contributed by atoms with Crippen LogP contribution < -0.4 is 10.1 Å². The second-order valence-corrected chi connectivity index (χ2v) is 6.06. The van der Waals surface area contributed by atoms with Gasteiger partial charge < -0.3 is 10.1 Å². The Bertz CT molecular complexity index is 835. The van der Waals surface area contributed by atoms with E-state index in [1.807, 2.05) is 48.5 Å². The first kappa shape index (κ1) is 16.5. The Morgan fingerprint density at radius 3 is 2.62 bits per heavy atom. The number of nitrogens with one attached hydrogen (secondary N) is 1. The molecule has 0 aromatic heterocycles. The topological polar surface area (TPSA) is 41.6 Å². The van der Waals surface area contributed by atoms with E-state index < -0.39 is 0 Å². The van der Waals surface area contributed by atoms with Crippen LogP contribution in [0, 0.1) is 0 Å². The van der Waals surface area contributed by atoms with Crippen molar-refractivity contribution in [2.45, 2.75) is 6.61 Å². The van der Waals surface area contributed by atoms with Crippen LogP contribution >= 0.6 is 23.8 Å². The Kier molecular flexibility index (Phi) is 4.83. The Balaban J connectivity index is 1.83. The number of likely N-dealkylation sites (N-methyl/N-ethyl adjacent to an activating group) is 1. The maximum atomic E-state index is 12.1. The highest BCUT2D eigenvalue weighted by Gasteiger charge is 2.27. The lowest BCUT2D eigenvalue weighted by molar-refractivity contribution is -0.121. The minimum atomic E-state index is -0.166. The highest BCUT2D eigenvalue weighted by molar-refractivity contribution is 7.80. The number of hydrogen-bond acceptors (Lipinski definition) is 3. The molecular formula is C18H15ClN2O2S. The van der Waals surface area contributed by atoms with Gasteiger partial charge in [-0.25, -0.2) is 0 Å². The van der Waals surface area contributed by atoms with Crippen LogP contribution in [-0.4, -0.2) is 23.0 Å². The van der Waals surface area contributed by atoms with Gasteiger partial charge in [0.25, 0.3) is 5.91 Å². The van der Waals surface area contributed by atoms with Crippen molar-refractivity contribution in [3.8, 4) is 5.75 Å². The summed E-state index contributed by atoms with van der Waals surface area (Å²) >= 11 is 11.2. The third-order valence-corrected chi connectivity index (χ3v) is 4.39. The van der Waals surface area contributed by atoms with E-state index in [0.717, 1.165) is 11.1 Å². The molecule has 0 bridgehead atoms. The summed E-state index contributed by atoms with van der Waals surface area (Å²) in [5.41, 5.74) is 2.12. The van der Waals surface area contributed by atoms with Crippen LogP contribution in [0.5, 0.6) is 5.75 Å². The monoisotopic (exact) mass is 358 g/mol. The molecule has 1 aliphatic heterocycles. The number of halogens is 1. The molecule has 2 aromatic rings. The second-order valence-electron chi connectivity index (χ2n) is 5.27. The van der Waals surface area contributed by atoms with Crippen LogP contribution in [0.1, 0.15) is 11.1 Å². The number of amides is 1. The molecule has 1 heterocycles. The Labute approximate surface area is 150 Å². The fourth-order valence-electron chi connectivity index (χ4n) is 2.28. The van der Waals surface area contributed by atoms with Crippen molar-refractivity contribution in [2.75, 3.05) is 7.05 Å². The van der Waals surface area contributed by atoms with Gasteiger partial charge in [0.1, 0.15) is 18.1 Å². The average Bonchev–Trinajstić information content (AvgIpc) is 2.82. The summed E-state index contributed by atoms with van der Waals surface area (Å²) in [5.74, 6) is 0.501. The van der Waals surface area contributed by atoms with Gasteiger partial charge in [-0.15, -0.1) is 0 Å². The molecule has 0 aliphatic carbocycles. The smallest absolute Gasteiger partial charge is 0.276 e. The normalized spacial score (nSPS) is 15.8. The number of benzene rings is 2. The zero-order valence-corrected chi connectivity index (χ0v) is 14.5. The van der Waals surface area contributed by atoms with Gasteiger partial charge >= 0.3 is 0 Å². The summed E-state index contributed by atoms with van der Waals surface area (Å²) in [5, 5.41) is 3.95. The predicted molar refractivity (Wildman–Crippen MR) is 98.7 cm³/mol. The van der Waals surface area contributed by atoms with Crippen molar-refractivity contribution < 1.29 is 9.53 Å². The molecule has 4 nitrogen and oxygen atoms in total. The van der Waals surface area contributed by atoms with Crippen molar-refractivity contribution in [2.24, 2.45) is 0 Å². The zero-order chi connectivity index (χ0) is 17.1. The molecular weight excluding hydrogens is 344 g/mol. The number of nitrogens with zero attached hydrogens (tertiary/aromatic N) is 1. The molecule has 0 spiro atoms. The summed E-state index contributed by atoms with van der Waals surface area (Å²) in [6, 6.07) is 15.0. The van der Waals surface area contributed by atoms with Crippen molar-refractivity contribution in [3.05, 3.63) is 70.4 Å². The molecule has 0 radical (unpaired) electrons. The summed E-state index contributed by atoms with van der Waals surface area (Å²) < 4.78 is 5.89. The van der Waals surface area contributed by atoms with Crippen LogP contribution in [-0.2, 0) is 11.4 Å². The standard InChI is InChI=1S/C18H15ClN2O2S/c1-21-17(22)15(20-18(21)24)10-12-6-3-5-9-16(12)23-11-13-7-2-4-8-14(13)19/h2-10H,11H2,1H3,(H,20,24)/b15-10-. The first-order valence-corrected chi connectivity index (χ1v) is 8.11. The maximum absolute atomic E-state index is 12.1. The number of carbonyl (C=O) groups excluding carboxylic acids is 1. The van der Waals surface area contributed by atoms with Gasteiger partial charge in [0.15, 0.2) is 5.11 Å². The van der Waals surface area contributed by atoms with Gasteiger partial charge in [0.05, 0.1) is 0 Å². The third kappa shape index (κ3) is 3.42. The molecule has 0 saturated carbocycles. The van der Waals surface area contributed by atoms with E-state index in [-0.39, 0.29) is 5.91 Å². The predicted octanol–water partition coefficient (Wildman–Crippen LogP) is 3.61. The van der Waals surface area contributed by atoms with Crippen molar-refractivity contribution in [3.63, 3.8) is 0 Å². The molecule has 24 heavy (non-hydrogen) atoms. The summed E-state index contributed by atoms with van der Waals surface area (Å²) in [6.07, 6.45) is 1.74. The molecule has 0 atom stereocenters. The SMILES string of the molecule is CN1C(=O)/C(=C/c2ccccc2OCc2ccccc2Cl)NC1=S. The molecule has 0 unspecified atom stereocenters. The quantitative estimate of drug-likeness (QED) is 0.669. The molecule has 2 aromatic carbocycles. The molecule has 1 aliphatic rings. The summed E-state index contributed by atoms with van der Waals surface area (Å²) in [7, 11) is 1.64. The summed E-state index contributed by atoms with van der Waals surface area (Å²) in [4.78, 5) is 13.5. The van der Waals surface area contributed by atoms with E-state index in [1.165, 1.54) is 4.90 Å². The molecule has 1 fully saturated rings. The van der Waals surface area contributed by atoms with Gasteiger partial charge in [0, 0.05) is 23.2 Å². The molecule has 122 valence electrons. The van der Waals surface area contributed by atoms with Crippen LogP contribution in [0.15, 0.2) is 54.2 Å². The molecule has 1 N–H and O–H groups in total. The number of hydrogen-bond donors (Lipinski definition) is 1. The number of rotatable bonds is 4. The number of para-hydroxylation sites is 1. The maximum Gasteiger partial charge on any atom is 0.276 e. The average molecular weight is 359 g/mol. The minimum absolute atomic E-state index is 0.166. The van der Waals surface area contributed by atoms with Gasteiger partial charge in [-0.2, -0.15) is 0 Å². The van der Waals surface area contributed by atoms with Gasteiger partial charge in [0.2, 0.25) is 0 Å². The third-order valence-electron chi connectivity index (χ3n) is 3.64. The van der Waals surface area contributed by atoms with Crippen molar-refractivity contribution in [1.82, 2.24) is 10.2 Å². The highest BCUT2D eigenvalue weighted by Crippen LogP contribution is 2.24. The number of ether oxygens (including phenoxy) is 1. The lowest BCUT2D eigenvalue weighted by Crippen LogP contribution is -2.25. The van der Waals surface area contributed by atoms with Crippen LogP contribution in [0.4, 0.5) is 0 Å². The van der Waals surface area contributed by atoms with Crippen LogP contribution in [0.2, 0.25) is 5.02 Å². The fraction of sp³-hybridized carbons (Fsp3) is 0.111. The largest absolute Gasteiger partial charge is 0.488 e. The van der Waals surface area contributed by atoms with Crippen LogP contribution in [0.25, 0.3) is 6.08 Å². The van der Waals surface area contributed by atoms with E-state index in [4.69, 9.17) is 28.6 Å². The highest BCUT2D eigenvalue weighted by atomic mass is 35.5. The number of thiocarbonyl (C=S) groups is 1. The van der Waals surface area contributed by atoms with Gasteiger partial charge in [-0.3, -0.25) is 9.69 Å². The van der Waals surface area contributed by atoms with Crippen LogP contribution in [0.3, 0.4) is 0 Å². The van der Waals surface area contributed by atoms with E-state index in [1.54, 1.807) is 13.1 Å². The minimum Gasteiger partial charge on any atom is -0.488 e. The lowest BCUT2D eigenvalue weighted by Gasteiger charge is -2.10. The van der Waals surface area contributed by atoms with Gasteiger partial charge in [-0.1, -0.05) is 48.0 Å². The molecule has 1 amide bonds. The van der Waals surface area contributed by atoms with E-state index >= 15 is 0 Å². The fourth-order valence-corrected chi connectivity index (χ4v) is 2.66. The first-order chi connectivity index (χ1) is 11.6. The molecule has 6 heteroatoms. The Morgan fingerprint density at radius 1 is 1.21 bits per heavy atom. The Hall–Kier alpha value is -2.37. The van der Waals surface area contributed by atoms with E-state index in [0.29, 0.717) is 28.2 Å². The van der Waals surface area contributed by atoms with Gasteiger partial charge in [-0.05, 0) is 30.4 Å². The molecule has 1 saturated heterocycles. The molecule has 3 rings (SSSR count). The zero-order valence-electron chi connectivity index (χ0n) is 13.0.